The normalized spacial score (nSPS) is 17.6. The third kappa shape index (κ3) is 3.45. The molecule has 2 fully saturated rings. The number of imide groups is 1. The molecular weight excluding hydrogens is 396 g/mol. The van der Waals surface area contributed by atoms with E-state index in [-0.39, 0.29) is 35.6 Å². The van der Waals surface area contributed by atoms with Crippen LogP contribution in [0.4, 0.5) is 26.4 Å². The molecular formula is C19H15F2N7O2. The maximum absolute atomic E-state index is 14.1. The van der Waals surface area contributed by atoms with Gasteiger partial charge in [0.1, 0.15) is 11.6 Å². The first-order chi connectivity index (χ1) is 14.5. The fourth-order valence-electron chi connectivity index (χ4n) is 3.08. The second kappa shape index (κ2) is 6.87. The average molecular weight is 411 g/mol. The quantitative estimate of drug-likeness (QED) is 0.436. The van der Waals surface area contributed by atoms with Crippen LogP contribution in [0.1, 0.15) is 24.8 Å². The molecule has 30 heavy (non-hydrogen) atoms. The van der Waals surface area contributed by atoms with Crippen LogP contribution >= 0.6 is 0 Å². The minimum atomic E-state index is -0.659. The van der Waals surface area contributed by atoms with Gasteiger partial charge in [-0.1, -0.05) is 0 Å². The highest BCUT2D eigenvalue weighted by Gasteiger charge is 2.26. The molecule has 1 saturated carbocycles. The molecule has 3 N–H and O–H groups in total. The van der Waals surface area contributed by atoms with Crippen molar-refractivity contribution in [3.05, 3.63) is 47.2 Å². The molecule has 152 valence electrons. The van der Waals surface area contributed by atoms with Crippen LogP contribution in [0.25, 0.3) is 11.7 Å². The van der Waals surface area contributed by atoms with Crippen LogP contribution in [0.5, 0.6) is 0 Å². The van der Waals surface area contributed by atoms with E-state index >= 15 is 0 Å². The summed E-state index contributed by atoms with van der Waals surface area (Å²) in [6, 6.07) is 3.26. The van der Waals surface area contributed by atoms with Crippen molar-refractivity contribution in [1.82, 2.24) is 24.9 Å². The second-order valence-corrected chi connectivity index (χ2v) is 7.10. The fraction of sp³-hybridized carbons (Fsp3) is 0.211. The summed E-state index contributed by atoms with van der Waals surface area (Å²) in [6.07, 6.45) is 4.95. The molecule has 1 aliphatic heterocycles. The Morgan fingerprint density at radius 2 is 2.03 bits per heavy atom. The summed E-state index contributed by atoms with van der Waals surface area (Å²) in [5, 5.41) is 12.4. The Balaban J connectivity index is 1.59. The van der Waals surface area contributed by atoms with Gasteiger partial charge in [0.25, 0.3) is 5.91 Å². The van der Waals surface area contributed by atoms with Crippen molar-refractivity contribution in [2.24, 2.45) is 0 Å². The van der Waals surface area contributed by atoms with E-state index in [2.05, 4.69) is 31.0 Å². The van der Waals surface area contributed by atoms with Gasteiger partial charge in [0.05, 0.1) is 18.3 Å². The number of nitrogens with zero attached hydrogens (tertiary/aromatic N) is 4. The monoisotopic (exact) mass is 411 g/mol. The van der Waals surface area contributed by atoms with Gasteiger partial charge in [-0.05, 0) is 31.1 Å². The summed E-state index contributed by atoms with van der Waals surface area (Å²) in [7, 11) is 0. The summed E-state index contributed by atoms with van der Waals surface area (Å²) < 4.78 is 29.0. The molecule has 0 spiro atoms. The molecule has 2 aliphatic rings. The van der Waals surface area contributed by atoms with Gasteiger partial charge in [-0.2, -0.15) is 19.6 Å². The van der Waals surface area contributed by atoms with Gasteiger partial charge in [0.2, 0.25) is 17.8 Å². The molecule has 2 aromatic heterocycles. The number of anilines is 3. The number of amides is 2. The van der Waals surface area contributed by atoms with Gasteiger partial charge >= 0.3 is 0 Å². The topological polar surface area (TPSA) is 113 Å². The van der Waals surface area contributed by atoms with Crippen LogP contribution in [0.2, 0.25) is 0 Å². The number of halogens is 2. The highest BCUT2D eigenvalue weighted by molar-refractivity contribution is 6.15. The summed E-state index contributed by atoms with van der Waals surface area (Å²) in [5.74, 6) is -1.71. The largest absolute Gasteiger partial charge is 0.351 e. The smallest absolute Gasteiger partial charge is 0.254 e. The molecule has 1 aromatic carbocycles. The SMILES string of the molecule is O=C1C/C(=C\c2cnn3c(NC4CC4)nc(Nc4cc(F)ccc4F)nc23)C(=O)N1. The minimum absolute atomic E-state index is 0.0299. The number of carbonyl (C=O) groups excluding carboxylic acids is 2. The number of hydrogen-bond donors (Lipinski definition) is 3. The number of benzene rings is 1. The first kappa shape index (κ1) is 18.2. The predicted octanol–water partition coefficient (Wildman–Crippen LogP) is 2.15. The van der Waals surface area contributed by atoms with Crippen LogP contribution in [-0.4, -0.2) is 37.4 Å². The summed E-state index contributed by atoms with van der Waals surface area (Å²) >= 11 is 0. The summed E-state index contributed by atoms with van der Waals surface area (Å²) in [5.41, 5.74) is 0.999. The van der Waals surface area contributed by atoms with Crippen molar-refractivity contribution in [3.63, 3.8) is 0 Å². The molecule has 0 bridgehead atoms. The zero-order valence-electron chi connectivity index (χ0n) is 15.4. The van der Waals surface area contributed by atoms with Gasteiger partial charge in [-0.25, -0.2) is 8.78 Å². The lowest BCUT2D eigenvalue weighted by molar-refractivity contribution is -0.124. The van der Waals surface area contributed by atoms with Crippen molar-refractivity contribution in [3.8, 4) is 0 Å². The van der Waals surface area contributed by atoms with Gasteiger partial charge in [-0.15, -0.1) is 0 Å². The number of hydrogen-bond acceptors (Lipinski definition) is 7. The number of aromatic nitrogens is 4. The Kier molecular flexibility index (Phi) is 4.16. The van der Waals surface area contributed by atoms with Crippen LogP contribution in [-0.2, 0) is 9.59 Å². The molecule has 0 radical (unpaired) electrons. The van der Waals surface area contributed by atoms with Crippen molar-refractivity contribution < 1.29 is 18.4 Å². The molecule has 0 unspecified atom stereocenters. The van der Waals surface area contributed by atoms with E-state index in [1.54, 1.807) is 0 Å². The lowest BCUT2D eigenvalue weighted by Gasteiger charge is -2.11. The van der Waals surface area contributed by atoms with Crippen LogP contribution in [0.3, 0.4) is 0 Å². The van der Waals surface area contributed by atoms with Crippen LogP contribution in [0, 0.1) is 11.6 Å². The molecule has 5 rings (SSSR count). The van der Waals surface area contributed by atoms with E-state index in [0.717, 1.165) is 31.0 Å². The third-order valence-corrected chi connectivity index (χ3v) is 4.71. The lowest BCUT2D eigenvalue weighted by Crippen LogP contribution is -2.19. The molecule has 0 atom stereocenters. The molecule has 9 nitrogen and oxygen atoms in total. The fourth-order valence-corrected chi connectivity index (χ4v) is 3.08. The molecule has 2 amide bonds. The van der Waals surface area contributed by atoms with E-state index in [1.165, 1.54) is 16.8 Å². The van der Waals surface area contributed by atoms with Crippen molar-refractivity contribution >= 4 is 41.1 Å². The van der Waals surface area contributed by atoms with Gasteiger partial charge in [-0.3, -0.25) is 14.9 Å². The van der Waals surface area contributed by atoms with Crippen molar-refractivity contribution in [2.45, 2.75) is 25.3 Å². The second-order valence-electron chi connectivity index (χ2n) is 7.10. The Morgan fingerprint density at radius 1 is 1.20 bits per heavy atom. The standard InChI is InChI=1S/C19H15F2N7O2/c20-11-1-4-13(21)14(7-11)24-18-26-16-10(5-9-6-15(29)25-17(9)30)8-22-28(16)19(27-18)23-12-2-3-12/h1,4-5,7-8,12H,2-3,6H2,(H,25,29,30)(H2,23,24,26,27)/b9-5+. The molecule has 1 saturated heterocycles. The van der Waals surface area contributed by atoms with Crippen molar-refractivity contribution in [2.75, 3.05) is 10.6 Å². The maximum atomic E-state index is 14.1. The molecule has 11 heteroatoms. The Bertz CT molecular complexity index is 1230. The number of fused-ring (bicyclic) bond motifs is 1. The molecule has 1 aliphatic carbocycles. The zero-order chi connectivity index (χ0) is 20.8. The Hall–Kier alpha value is -3.89. The van der Waals surface area contributed by atoms with E-state index in [0.29, 0.717) is 17.2 Å². The Labute approximate surface area is 168 Å². The van der Waals surface area contributed by atoms with E-state index in [1.807, 2.05) is 0 Å². The van der Waals surface area contributed by atoms with Gasteiger partial charge in [0, 0.05) is 23.2 Å². The average Bonchev–Trinajstić information content (AvgIpc) is 3.34. The van der Waals surface area contributed by atoms with E-state index < -0.39 is 17.5 Å². The summed E-state index contributed by atoms with van der Waals surface area (Å²) in [6.45, 7) is 0. The van der Waals surface area contributed by atoms with Gasteiger partial charge in [0.15, 0.2) is 5.65 Å². The predicted molar refractivity (Wildman–Crippen MR) is 103 cm³/mol. The maximum Gasteiger partial charge on any atom is 0.254 e. The van der Waals surface area contributed by atoms with Crippen LogP contribution < -0.4 is 16.0 Å². The summed E-state index contributed by atoms with van der Waals surface area (Å²) in [4.78, 5) is 32.0. The Morgan fingerprint density at radius 3 is 2.77 bits per heavy atom. The number of rotatable bonds is 5. The number of carbonyl (C=O) groups is 2. The molecule has 3 aromatic rings. The zero-order valence-corrected chi connectivity index (χ0v) is 15.4. The highest BCUT2D eigenvalue weighted by Crippen LogP contribution is 2.27. The third-order valence-electron chi connectivity index (χ3n) is 4.71. The minimum Gasteiger partial charge on any atom is -0.351 e. The van der Waals surface area contributed by atoms with Crippen molar-refractivity contribution in [1.29, 1.82) is 0 Å². The molecule has 3 heterocycles. The number of nitrogens with one attached hydrogen (secondary N) is 3. The van der Waals surface area contributed by atoms with Gasteiger partial charge < -0.3 is 10.6 Å². The van der Waals surface area contributed by atoms with E-state index in [9.17, 15) is 18.4 Å². The van der Waals surface area contributed by atoms with E-state index in [4.69, 9.17) is 0 Å². The first-order valence-corrected chi connectivity index (χ1v) is 9.25. The van der Waals surface area contributed by atoms with Crippen LogP contribution in [0.15, 0.2) is 30.0 Å². The lowest BCUT2D eigenvalue weighted by atomic mass is 10.1. The highest BCUT2D eigenvalue weighted by atomic mass is 19.1. The first-order valence-electron chi connectivity index (χ1n) is 9.25.